The summed E-state index contributed by atoms with van der Waals surface area (Å²) in [7, 11) is 1.81. The van der Waals surface area contributed by atoms with Crippen molar-refractivity contribution < 1.29 is 23.1 Å². The van der Waals surface area contributed by atoms with Crippen molar-refractivity contribution >= 4 is 23.2 Å². The minimum absolute atomic E-state index is 0.0780. The second-order valence-corrected chi connectivity index (χ2v) is 8.13. The van der Waals surface area contributed by atoms with E-state index < -0.39 is 29.3 Å². The first-order valence-corrected chi connectivity index (χ1v) is 10.6. The predicted molar refractivity (Wildman–Crippen MR) is 121 cm³/mol. The zero-order valence-corrected chi connectivity index (χ0v) is 19.5. The van der Waals surface area contributed by atoms with Crippen LogP contribution in [0.25, 0.3) is 16.9 Å². The number of pyridine rings is 1. The second kappa shape index (κ2) is 9.12. The molecule has 3 heterocycles. The Labute approximate surface area is 202 Å². The number of aliphatic hydroxyl groups excluding tert-OH is 1. The van der Waals surface area contributed by atoms with Gasteiger partial charge >= 0.3 is 6.18 Å². The van der Waals surface area contributed by atoms with E-state index in [0.717, 1.165) is 11.3 Å². The largest absolute Gasteiger partial charge is 0.417 e. The van der Waals surface area contributed by atoms with Crippen molar-refractivity contribution in [1.82, 2.24) is 29.8 Å². The molecule has 0 aliphatic rings. The maximum Gasteiger partial charge on any atom is 0.417 e. The third-order valence-electron chi connectivity index (χ3n) is 5.46. The van der Waals surface area contributed by atoms with Crippen LogP contribution in [0.15, 0.2) is 36.8 Å². The maximum absolute atomic E-state index is 13.3. The molecule has 1 aromatic carbocycles. The summed E-state index contributed by atoms with van der Waals surface area (Å²) >= 11 is 5.76. The van der Waals surface area contributed by atoms with Crippen LogP contribution in [-0.4, -0.2) is 40.8 Å². The van der Waals surface area contributed by atoms with Crippen LogP contribution < -0.4 is 5.32 Å². The normalized spacial score (nSPS) is 11.7. The van der Waals surface area contributed by atoms with E-state index in [4.69, 9.17) is 11.6 Å². The molecule has 0 spiro atoms. The van der Waals surface area contributed by atoms with Gasteiger partial charge in [-0.3, -0.25) is 14.5 Å². The number of nitrogens with one attached hydrogen (secondary N) is 1. The summed E-state index contributed by atoms with van der Waals surface area (Å²) in [6, 6.07) is 3.39. The minimum atomic E-state index is -4.77. The molecular formula is C22H19ClF3N7O2. The molecule has 0 unspecified atom stereocenters. The fourth-order valence-electron chi connectivity index (χ4n) is 3.41. The van der Waals surface area contributed by atoms with Gasteiger partial charge in [-0.25, -0.2) is 4.68 Å². The minimum Gasteiger partial charge on any atom is -0.392 e. The number of anilines is 1. The molecule has 35 heavy (non-hydrogen) atoms. The highest BCUT2D eigenvalue weighted by molar-refractivity contribution is 6.32. The first kappa shape index (κ1) is 24.4. The van der Waals surface area contributed by atoms with Crippen LogP contribution in [0.4, 0.5) is 18.9 Å². The van der Waals surface area contributed by atoms with Gasteiger partial charge in [0.15, 0.2) is 0 Å². The Balaban J connectivity index is 1.65. The fraction of sp³-hybridized carbons (Fsp3) is 0.227. The lowest BCUT2D eigenvalue weighted by Crippen LogP contribution is -2.15. The number of alkyl halides is 3. The van der Waals surface area contributed by atoms with E-state index in [9.17, 15) is 23.1 Å². The Bertz CT molecular complexity index is 1430. The van der Waals surface area contributed by atoms with E-state index >= 15 is 0 Å². The van der Waals surface area contributed by atoms with Crippen molar-refractivity contribution in [2.24, 2.45) is 7.05 Å². The van der Waals surface area contributed by atoms with Crippen molar-refractivity contribution in [3.63, 3.8) is 0 Å². The summed E-state index contributed by atoms with van der Waals surface area (Å²) in [5, 5.41) is 23.6. The fourth-order valence-corrected chi connectivity index (χ4v) is 3.69. The van der Waals surface area contributed by atoms with Gasteiger partial charge in [-0.2, -0.15) is 18.3 Å². The highest BCUT2D eigenvalue weighted by Crippen LogP contribution is 2.38. The number of carbonyl (C=O) groups is 1. The van der Waals surface area contributed by atoms with Gasteiger partial charge in [0, 0.05) is 30.2 Å². The van der Waals surface area contributed by atoms with Gasteiger partial charge in [-0.15, -0.1) is 5.10 Å². The van der Waals surface area contributed by atoms with E-state index in [1.165, 1.54) is 23.0 Å². The standard InChI is InChI=1S/C22H19ClF3N7O2/c1-11-19(33-9-18(30-31-33)16-8-28-32(3)12(16)2)5-13(7-27-11)21(35)29-15-4-14(10-34)20(23)17(6-15)22(24,25)26/h4-9,34H,10H2,1-3H3,(H,29,35). The van der Waals surface area contributed by atoms with Gasteiger partial charge in [0.1, 0.15) is 5.69 Å². The van der Waals surface area contributed by atoms with Crippen LogP contribution in [0.1, 0.15) is 32.9 Å². The Hall–Kier alpha value is -3.77. The third-order valence-corrected chi connectivity index (χ3v) is 5.90. The van der Waals surface area contributed by atoms with E-state index in [-0.39, 0.29) is 16.8 Å². The Morgan fingerprint density at radius 2 is 1.94 bits per heavy atom. The smallest absolute Gasteiger partial charge is 0.392 e. The van der Waals surface area contributed by atoms with Gasteiger partial charge in [0.2, 0.25) is 0 Å². The number of aryl methyl sites for hydroxylation is 2. The van der Waals surface area contributed by atoms with Crippen LogP contribution in [0, 0.1) is 13.8 Å². The number of rotatable bonds is 5. The van der Waals surface area contributed by atoms with Gasteiger partial charge in [0.25, 0.3) is 5.91 Å². The van der Waals surface area contributed by atoms with Crippen molar-refractivity contribution in [3.8, 4) is 16.9 Å². The number of aliphatic hydroxyl groups is 1. The van der Waals surface area contributed by atoms with Crippen molar-refractivity contribution in [3.05, 3.63) is 69.9 Å². The molecule has 0 radical (unpaired) electrons. The third kappa shape index (κ3) is 4.75. The first-order valence-electron chi connectivity index (χ1n) is 10.2. The SMILES string of the molecule is Cc1ncc(C(=O)Nc2cc(CO)c(Cl)c(C(F)(F)F)c2)cc1-n1cc(-c2cnn(C)c2C)nn1. The molecule has 0 aliphatic heterocycles. The molecule has 9 nitrogen and oxygen atoms in total. The number of halogens is 4. The summed E-state index contributed by atoms with van der Waals surface area (Å²) in [4.78, 5) is 17.1. The molecule has 4 rings (SSSR count). The number of amides is 1. The summed E-state index contributed by atoms with van der Waals surface area (Å²) in [6.45, 7) is 2.88. The van der Waals surface area contributed by atoms with Gasteiger partial charge in [0.05, 0.1) is 46.5 Å². The molecule has 0 saturated heterocycles. The van der Waals surface area contributed by atoms with Crippen molar-refractivity contribution in [2.75, 3.05) is 5.32 Å². The molecule has 13 heteroatoms. The zero-order chi connectivity index (χ0) is 25.5. The second-order valence-electron chi connectivity index (χ2n) is 7.75. The molecule has 0 fully saturated rings. The van der Waals surface area contributed by atoms with Gasteiger partial charge in [-0.1, -0.05) is 16.8 Å². The lowest BCUT2D eigenvalue weighted by molar-refractivity contribution is -0.137. The summed E-state index contributed by atoms with van der Waals surface area (Å²) < 4.78 is 43.2. The van der Waals surface area contributed by atoms with E-state index in [1.807, 2.05) is 6.92 Å². The Kier molecular flexibility index (Phi) is 6.34. The lowest BCUT2D eigenvalue weighted by Gasteiger charge is -2.15. The van der Waals surface area contributed by atoms with Crippen LogP contribution in [-0.2, 0) is 19.8 Å². The topological polar surface area (TPSA) is 111 Å². The monoisotopic (exact) mass is 505 g/mol. The van der Waals surface area contributed by atoms with Gasteiger partial charge in [-0.05, 0) is 37.6 Å². The van der Waals surface area contributed by atoms with E-state index in [0.29, 0.717) is 23.1 Å². The number of nitrogens with zero attached hydrogens (tertiary/aromatic N) is 6. The van der Waals surface area contributed by atoms with Crippen molar-refractivity contribution in [1.29, 1.82) is 0 Å². The molecule has 182 valence electrons. The highest BCUT2D eigenvalue weighted by atomic mass is 35.5. The summed E-state index contributed by atoms with van der Waals surface area (Å²) in [5.74, 6) is -0.707. The molecule has 2 N–H and O–H groups in total. The first-order chi connectivity index (χ1) is 16.5. The lowest BCUT2D eigenvalue weighted by atomic mass is 10.1. The Morgan fingerprint density at radius 3 is 2.57 bits per heavy atom. The molecule has 0 atom stereocenters. The van der Waals surface area contributed by atoms with Crippen molar-refractivity contribution in [2.45, 2.75) is 26.6 Å². The average Bonchev–Trinajstić information content (AvgIpc) is 3.41. The van der Waals surface area contributed by atoms with E-state index in [2.05, 4.69) is 25.7 Å². The zero-order valence-electron chi connectivity index (χ0n) is 18.7. The predicted octanol–water partition coefficient (Wildman–Crippen LogP) is 4.10. The molecule has 0 aliphatic carbocycles. The average molecular weight is 506 g/mol. The molecule has 1 amide bonds. The quantitative estimate of drug-likeness (QED) is 0.422. The number of carbonyl (C=O) groups excluding carboxylic acids is 1. The highest BCUT2D eigenvalue weighted by Gasteiger charge is 2.34. The molecular weight excluding hydrogens is 487 g/mol. The number of hydrogen-bond donors (Lipinski definition) is 2. The number of aromatic nitrogens is 6. The molecule has 3 aromatic heterocycles. The molecule has 4 aromatic rings. The summed E-state index contributed by atoms with van der Waals surface area (Å²) in [5.41, 5.74) is 1.84. The number of hydrogen-bond acceptors (Lipinski definition) is 6. The maximum atomic E-state index is 13.3. The van der Waals surface area contributed by atoms with Crippen LogP contribution >= 0.6 is 11.6 Å². The van der Waals surface area contributed by atoms with Gasteiger partial charge < -0.3 is 10.4 Å². The Morgan fingerprint density at radius 1 is 1.20 bits per heavy atom. The summed E-state index contributed by atoms with van der Waals surface area (Å²) in [6.07, 6.45) is -0.138. The van der Waals surface area contributed by atoms with Crippen LogP contribution in [0.2, 0.25) is 5.02 Å². The molecule has 0 saturated carbocycles. The van der Waals surface area contributed by atoms with E-state index in [1.54, 1.807) is 31.0 Å². The van der Waals surface area contributed by atoms with Crippen LogP contribution in [0.5, 0.6) is 0 Å². The van der Waals surface area contributed by atoms with Crippen LogP contribution in [0.3, 0.4) is 0 Å². The molecule has 0 bridgehead atoms. The number of benzene rings is 1.